The minimum absolute atomic E-state index is 0.205. The van der Waals surface area contributed by atoms with Crippen LogP contribution in [-0.2, 0) is 16.2 Å². The van der Waals surface area contributed by atoms with Gasteiger partial charge in [0.25, 0.3) is 0 Å². The summed E-state index contributed by atoms with van der Waals surface area (Å²) in [7, 11) is 0. The molecular formula is C34H40N4O11+2. The van der Waals surface area contributed by atoms with E-state index in [1.165, 1.54) is 18.4 Å². The molecule has 0 saturated carbocycles. The molecule has 15 heteroatoms. The third-order valence-electron chi connectivity index (χ3n) is 9.82. The molecule has 1 aromatic heterocycles. The van der Waals surface area contributed by atoms with E-state index in [1.54, 1.807) is 39.1 Å². The first-order valence-electron chi connectivity index (χ1n) is 16.1. The van der Waals surface area contributed by atoms with Gasteiger partial charge in [0.1, 0.15) is 73.1 Å². The van der Waals surface area contributed by atoms with Crippen LogP contribution in [0.4, 0.5) is 5.69 Å². The maximum Gasteiger partial charge on any atom is 0.222 e. The highest BCUT2D eigenvalue weighted by atomic mass is 17.2. The highest BCUT2D eigenvalue weighted by molar-refractivity contribution is 5.90. The van der Waals surface area contributed by atoms with Gasteiger partial charge in [0.2, 0.25) is 17.5 Å². The average Bonchev–Trinajstić information content (AvgIpc) is 3.83. The van der Waals surface area contributed by atoms with Gasteiger partial charge in [-0.2, -0.15) is 0 Å². The van der Waals surface area contributed by atoms with Gasteiger partial charge in [-0.15, -0.1) is 0 Å². The van der Waals surface area contributed by atoms with E-state index in [0.717, 1.165) is 16.2 Å². The van der Waals surface area contributed by atoms with Crippen LogP contribution >= 0.6 is 0 Å². The molecule has 0 bridgehead atoms. The van der Waals surface area contributed by atoms with E-state index in [2.05, 4.69) is 9.98 Å². The molecule has 0 radical (unpaired) electrons. The maximum absolute atomic E-state index is 13.2. The van der Waals surface area contributed by atoms with Crippen LogP contribution in [0.1, 0.15) is 25.2 Å². The number of hydrogen-bond acceptors (Lipinski definition) is 13. The van der Waals surface area contributed by atoms with Crippen LogP contribution in [0.3, 0.4) is 0 Å². The van der Waals surface area contributed by atoms with Crippen LogP contribution in [0.25, 0.3) is 11.0 Å². The van der Waals surface area contributed by atoms with Gasteiger partial charge in [0, 0.05) is 48.2 Å². The standard InChI is InChI=1S/C34H38N4O11/c1-17-8-24(40)20-9-19-10-27(33(2,3)48-30(19)29(31(20)47-17)37-12-18-4-6-36-22(18)13-37)49-46-15-26(42)34(45,32(44)25(41)14-39)16-38-23-5-7-35-21(23)11-28(38)43/h4-9,11,13,25-28,32,39,41-45H,10,12,14-16H2,1-3H3/p+2/t25-,26+,27-,28?,32-,34-/m1/s1. The molecule has 2 aromatic rings. The first-order chi connectivity index (χ1) is 23.3. The van der Waals surface area contributed by atoms with E-state index < -0.39 is 61.6 Å². The molecule has 5 aliphatic rings. The van der Waals surface area contributed by atoms with E-state index in [1.807, 2.05) is 12.3 Å². The average molecular weight is 681 g/mol. The minimum Gasteiger partial charge on any atom is -0.478 e. The number of rotatable bonds is 11. The molecule has 8 atom stereocenters. The molecule has 7 rings (SSSR count). The zero-order valence-electron chi connectivity index (χ0n) is 27.2. The molecule has 0 saturated heterocycles. The molecule has 49 heavy (non-hydrogen) atoms. The summed E-state index contributed by atoms with van der Waals surface area (Å²) in [4.78, 5) is 34.2. The lowest BCUT2D eigenvalue weighted by atomic mass is 9.86. The topological polar surface area (TPSA) is 213 Å². The number of aliphatic hydroxyl groups excluding tert-OH is 5. The van der Waals surface area contributed by atoms with Gasteiger partial charge < -0.3 is 39.8 Å². The van der Waals surface area contributed by atoms with Crippen LogP contribution in [0.2, 0.25) is 0 Å². The monoisotopic (exact) mass is 680 g/mol. The van der Waals surface area contributed by atoms with Crippen LogP contribution in [0, 0.1) is 6.92 Å². The van der Waals surface area contributed by atoms with E-state index in [-0.39, 0.29) is 16.7 Å². The number of nitrogens with zero attached hydrogens (tertiary/aromatic N) is 2. The van der Waals surface area contributed by atoms with Crippen LogP contribution in [0.15, 0.2) is 78.4 Å². The zero-order valence-corrected chi connectivity index (χ0v) is 27.2. The van der Waals surface area contributed by atoms with Crippen molar-refractivity contribution in [1.29, 1.82) is 0 Å². The Bertz CT molecular complexity index is 1930. The summed E-state index contributed by atoms with van der Waals surface area (Å²) in [6.07, 6.45) is 2.89. The number of benzene rings is 1. The quantitative estimate of drug-likeness (QED) is 0.0910. The Hall–Kier alpha value is -3.87. The fourth-order valence-corrected chi connectivity index (χ4v) is 7.02. The summed E-state index contributed by atoms with van der Waals surface area (Å²) in [6, 6.07) is 3.16. The Morgan fingerprint density at radius 3 is 2.65 bits per heavy atom. The summed E-state index contributed by atoms with van der Waals surface area (Å²) in [5.74, 6) is 1.01. The molecule has 0 amide bonds. The Labute approximate surface area is 280 Å². The molecule has 1 aromatic carbocycles. The van der Waals surface area contributed by atoms with Crippen molar-refractivity contribution in [2.24, 2.45) is 9.98 Å². The van der Waals surface area contributed by atoms with E-state index in [4.69, 9.17) is 18.9 Å². The number of allylic oxidation sites excluding steroid dienone is 2. The lowest BCUT2D eigenvalue weighted by Gasteiger charge is -2.41. The fourth-order valence-electron chi connectivity index (χ4n) is 7.02. The second-order valence-electron chi connectivity index (χ2n) is 13.6. The molecule has 0 spiro atoms. The molecule has 6 heterocycles. The molecule has 8 N–H and O–H groups in total. The SMILES string of the molecule is Cc1cc(=O)c2cc3c(c([NH+]4C=C5N=CC=C5C4)c2o1)OC(C)(C)[C@H](OOC[C@H](O)[C@](O)(C[NH+]1C2=CC=NC2=CC1O)[C@H](O)[C@H](O)CO)C3. The molecule has 15 nitrogen and oxygen atoms in total. The smallest absolute Gasteiger partial charge is 0.222 e. The molecule has 0 fully saturated rings. The first kappa shape index (κ1) is 33.6. The summed E-state index contributed by atoms with van der Waals surface area (Å²) in [6.45, 7) is 3.86. The first-order valence-corrected chi connectivity index (χ1v) is 16.1. The van der Waals surface area contributed by atoms with Gasteiger partial charge in [-0.05, 0) is 32.9 Å². The minimum atomic E-state index is -2.48. The molecule has 5 aliphatic heterocycles. The molecule has 260 valence electrons. The second kappa shape index (κ2) is 12.5. The molecular weight excluding hydrogens is 640 g/mol. The summed E-state index contributed by atoms with van der Waals surface area (Å²) in [5.41, 5.74) is 0.984. The highest BCUT2D eigenvalue weighted by Crippen LogP contribution is 2.43. The number of aliphatic hydroxyl groups is 6. The van der Waals surface area contributed by atoms with Crippen molar-refractivity contribution in [3.8, 4) is 5.75 Å². The number of quaternary nitrogens is 2. The Morgan fingerprint density at radius 1 is 1.14 bits per heavy atom. The van der Waals surface area contributed by atoms with Crippen LogP contribution in [-0.4, -0.2) is 111 Å². The normalized spacial score (nSPS) is 27.8. The third-order valence-corrected chi connectivity index (χ3v) is 9.82. The predicted octanol–water partition coefficient (Wildman–Crippen LogP) is -2.61. The lowest BCUT2D eigenvalue weighted by molar-refractivity contribution is -0.903. The Kier molecular flexibility index (Phi) is 8.56. The fraction of sp³-hybridized carbons (Fsp3) is 0.441. The summed E-state index contributed by atoms with van der Waals surface area (Å²) in [5, 5.41) is 64.5. The van der Waals surface area contributed by atoms with E-state index in [9.17, 15) is 35.4 Å². The van der Waals surface area contributed by atoms with Crippen molar-refractivity contribution in [2.45, 2.75) is 69.0 Å². The van der Waals surface area contributed by atoms with Gasteiger partial charge in [-0.3, -0.25) is 24.6 Å². The lowest BCUT2D eigenvalue weighted by Crippen LogP contribution is -3.15. The van der Waals surface area contributed by atoms with Crippen LogP contribution < -0.4 is 20.0 Å². The van der Waals surface area contributed by atoms with Gasteiger partial charge >= 0.3 is 0 Å². The van der Waals surface area contributed by atoms with Crippen molar-refractivity contribution in [2.75, 3.05) is 26.3 Å². The van der Waals surface area contributed by atoms with Gasteiger partial charge in [-0.25, -0.2) is 9.78 Å². The number of aryl methyl sites for hydroxylation is 1. The van der Waals surface area contributed by atoms with Crippen LogP contribution in [0.5, 0.6) is 5.75 Å². The Morgan fingerprint density at radius 2 is 1.90 bits per heavy atom. The highest BCUT2D eigenvalue weighted by Gasteiger charge is 2.53. The summed E-state index contributed by atoms with van der Waals surface area (Å²) >= 11 is 0. The van der Waals surface area contributed by atoms with Crippen molar-refractivity contribution in [1.82, 2.24) is 0 Å². The number of fused-ring (bicyclic) bond motifs is 4. The number of ether oxygens (including phenoxy) is 1. The van der Waals surface area contributed by atoms with Crippen molar-refractivity contribution < 1.29 is 59.4 Å². The molecule has 3 unspecified atom stereocenters. The van der Waals surface area contributed by atoms with Crippen molar-refractivity contribution >= 4 is 29.1 Å². The zero-order chi connectivity index (χ0) is 34.8. The van der Waals surface area contributed by atoms with Gasteiger partial charge in [-0.1, -0.05) is 0 Å². The van der Waals surface area contributed by atoms with Crippen molar-refractivity contribution in [3.05, 3.63) is 80.8 Å². The van der Waals surface area contributed by atoms with Gasteiger partial charge in [0.15, 0.2) is 22.5 Å². The van der Waals surface area contributed by atoms with Crippen molar-refractivity contribution in [3.63, 3.8) is 0 Å². The van der Waals surface area contributed by atoms with E-state index in [0.29, 0.717) is 51.7 Å². The third kappa shape index (κ3) is 5.81. The van der Waals surface area contributed by atoms with Gasteiger partial charge in [0.05, 0.1) is 12.0 Å². The summed E-state index contributed by atoms with van der Waals surface area (Å²) < 4.78 is 12.7. The largest absolute Gasteiger partial charge is 0.478 e. The predicted molar refractivity (Wildman–Crippen MR) is 173 cm³/mol. The number of nitrogens with one attached hydrogen (secondary N) is 2. The molecule has 0 aliphatic carbocycles. The number of aliphatic imine (C=N–C) groups is 2. The number of hydrogen-bond donors (Lipinski definition) is 8. The second-order valence-corrected chi connectivity index (χ2v) is 13.6. The van der Waals surface area contributed by atoms with E-state index >= 15 is 0 Å². The Balaban J connectivity index is 1.13. The maximum atomic E-state index is 13.2.